The van der Waals surface area contributed by atoms with E-state index in [2.05, 4.69) is 5.10 Å². The molecule has 1 N–H and O–H groups in total. The summed E-state index contributed by atoms with van der Waals surface area (Å²) in [4.78, 5) is 10.9. The quantitative estimate of drug-likeness (QED) is 0.906. The number of hydrogen-bond donors (Lipinski definition) is 1. The molecule has 2 rings (SSSR count). The second-order valence-corrected chi connectivity index (χ2v) is 5.36. The first-order chi connectivity index (χ1) is 10.2. The average Bonchev–Trinajstić information content (AvgIpc) is 2.72. The number of alkyl halides is 3. The number of benzene rings is 1. The van der Waals surface area contributed by atoms with Gasteiger partial charge in [-0.1, -0.05) is 29.3 Å². The number of aromatic nitrogens is 2. The van der Waals surface area contributed by atoms with Gasteiger partial charge in [-0.15, -0.1) is 0 Å². The van der Waals surface area contributed by atoms with E-state index in [4.69, 9.17) is 23.2 Å². The minimum Gasteiger partial charge on any atom is -0.301 e. The molecule has 0 bridgehead atoms. The smallest absolute Gasteiger partial charge is 0.301 e. The number of anilines is 1. The number of nitrogens with one attached hydrogen (secondary N) is 1. The number of nitrogens with zero attached hydrogens (tertiary/aromatic N) is 2. The highest BCUT2D eigenvalue weighted by atomic mass is 35.5. The number of rotatable bonds is 3. The fourth-order valence-electron chi connectivity index (χ4n) is 1.73. The molecule has 1 aromatic heterocycles. The van der Waals surface area contributed by atoms with E-state index in [1.54, 1.807) is 30.4 Å². The van der Waals surface area contributed by atoms with Crippen LogP contribution in [0.25, 0.3) is 0 Å². The Morgan fingerprint density at radius 3 is 2.59 bits per heavy atom. The van der Waals surface area contributed by atoms with E-state index in [1.165, 1.54) is 10.7 Å². The largest absolute Gasteiger partial charge is 0.471 e. The van der Waals surface area contributed by atoms with Crippen molar-refractivity contribution in [2.75, 3.05) is 5.32 Å². The fourth-order valence-corrected chi connectivity index (χ4v) is 2.20. The molecule has 0 saturated heterocycles. The van der Waals surface area contributed by atoms with Crippen molar-refractivity contribution >= 4 is 34.9 Å². The molecule has 0 aliphatic carbocycles. The Kier molecular flexibility index (Phi) is 4.67. The summed E-state index contributed by atoms with van der Waals surface area (Å²) in [6.45, 7) is 1.89. The molecule has 0 saturated carbocycles. The van der Waals surface area contributed by atoms with Crippen LogP contribution in [0.3, 0.4) is 0 Å². The Morgan fingerprint density at radius 1 is 1.32 bits per heavy atom. The second-order valence-electron chi connectivity index (χ2n) is 4.52. The van der Waals surface area contributed by atoms with Gasteiger partial charge in [0.15, 0.2) is 5.82 Å². The molecule has 22 heavy (non-hydrogen) atoms. The lowest BCUT2D eigenvalue weighted by Gasteiger charge is -2.07. The van der Waals surface area contributed by atoms with E-state index >= 15 is 0 Å². The molecule has 0 spiro atoms. The third-order valence-electron chi connectivity index (χ3n) is 2.82. The van der Waals surface area contributed by atoms with Gasteiger partial charge in [0, 0.05) is 21.8 Å². The predicted octanol–water partition coefficient (Wildman–Crippen LogP) is 4.05. The van der Waals surface area contributed by atoms with Crippen LogP contribution in [-0.2, 0) is 11.3 Å². The monoisotopic (exact) mass is 351 g/mol. The average molecular weight is 352 g/mol. The summed E-state index contributed by atoms with van der Waals surface area (Å²) in [6, 6.07) is 6.24. The predicted molar refractivity (Wildman–Crippen MR) is 77.2 cm³/mol. The molecule has 0 radical (unpaired) electrons. The van der Waals surface area contributed by atoms with Crippen LogP contribution in [0.4, 0.5) is 19.0 Å². The lowest BCUT2D eigenvalue weighted by molar-refractivity contribution is -0.167. The van der Waals surface area contributed by atoms with Gasteiger partial charge in [0.2, 0.25) is 0 Å². The summed E-state index contributed by atoms with van der Waals surface area (Å²) >= 11 is 11.8. The SMILES string of the molecule is Cc1cc(NC(=O)C(F)(F)F)nn1Cc1ccc(Cl)cc1Cl. The summed E-state index contributed by atoms with van der Waals surface area (Å²) in [5.74, 6) is -2.24. The molecule has 9 heteroatoms. The van der Waals surface area contributed by atoms with Gasteiger partial charge in [0.05, 0.1) is 6.54 Å². The maximum absolute atomic E-state index is 12.2. The van der Waals surface area contributed by atoms with Gasteiger partial charge >= 0.3 is 12.1 Å². The van der Waals surface area contributed by atoms with Gasteiger partial charge in [-0.3, -0.25) is 9.48 Å². The van der Waals surface area contributed by atoms with Gasteiger partial charge in [-0.25, -0.2) is 0 Å². The van der Waals surface area contributed by atoms with E-state index in [0.717, 1.165) is 0 Å². The molecule has 1 amide bonds. The number of carbonyl (C=O) groups is 1. The number of aryl methyl sites for hydroxylation is 1. The molecule has 0 aliphatic heterocycles. The Labute approximate surface area is 133 Å². The van der Waals surface area contributed by atoms with E-state index in [1.807, 2.05) is 0 Å². The highest BCUT2D eigenvalue weighted by Crippen LogP contribution is 2.23. The molecular formula is C13H10Cl2F3N3O. The molecule has 0 fully saturated rings. The molecule has 0 aliphatic rings. The molecule has 0 atom stereocenters. The van der Waals surface area contributed by atoms with Crippen molar-refractivity contribution in [2.24, 2.45) is 0 Å². The topological polar surface area (TPSA) is 46.9 Å². The van der Waals surface area contributed by atoms with Crippen molar-refractivity contribution < 1.29 is 18.0 Å². The van der Waals surface area contributed by atoms with Gasteiger partial charge in [0.25, 0.3) is 0 Å². The van der Waals surface area contributed by atoms with Crippen LogP contribution in [0, 0.1) is 6.92 Å². The normalized spacial score (nSPS) is 11.5. The lowest BCUT2D eigenvalue weighted by Crippen LogP contribution is -2.30. The highest BCUT2D eigenvalue weighted by Gasteiger charge is 2.39. The number of carbonyl (C=O) groups excluding carboxylic acids is 1. The minimum absolute atomic E-state index is 0.176. The maximum Gasteiger partial charge on any atom is 0.471 e. The first-order valence-electron chi connectivity index (χ1n) is 6.03. The first kappa shape index (κ1) is 16.6. The molecule has 2 aromatic rings. The molecule has 1 aromatic carbocycles. The molecule has 118 valence electrons. The van der Waals surface area contributed by atoms with Crippen molar-refractivity contribution in [3.8, 4) is 0 Å². The van der Waals surface area contributed by atoms with Crippen LogP contribution in [0.5, 0.6) is 0 Å². The zero-order valence-electron chi connectivity index (χ0n) is 11.2. The lowest BCUT2D eigenvalue weighted by atomic mass is 10.2. The minimum atomic E-state index is -4.96. The maximum atomic E-state index is 12.2. The zero-order chi connectivity index (χ0) is 16.5. The van der Waals surface area contributed by atoms with Crippen LogP contribution in [-0.4, -0.2) is 21.9 Å². The van der Waals surface area contributed by atoms with Crippen molar-refractivity contribution in [3.63, 3.8) is 0 Å². The van der Waals surface area contributed by atoms with E-state index in [0.29, 0.717) is 21.3 Å². The standard InChI is InChI=1S/C13H10Cl2F3N3O/c1-7-4-11(19-12(22)13(16,17)18)20-21(7)6-8-2-3-9(14)5-10(8)15/h2-5H,6H2,1H3,(H,19,20,22). The van der Waals surface area contributed by atoms with Crippen molar-refractivity contribution in [2.45, 2.75) is 19.6 Å². The Hall–Kier alpha value is -1.73. The van der Waals surface area contributed by atoms with Crippen molar-refractivity contribution in [1.82, 2.24) is 9.78 Å². The third kappa shape index (κ3) is 3.92. The van der Waals surface area contributed by atoms with Gasteiger partial charge in [-0.2, -0.15) is 18.3 Å². The van der Waals surface area contributed by atoms with E-state index in [9.17, 15) is 18.0 Å². The summed E-state index contributed by atoms with van der Waals surface area (Å²) in [6.07, 6.45) is -4.96. The van der Waals surface area contributed by atoms with Crippen molar-refractivity contribution in [1.29, 1.82) is 0 Å². The zero-order valence-corrected chi connectivity index (χ0v) is 12.7. The number of amides is 1. The Morgan fingerprint density at radius 2 is 2.00 bits per heavy atom. The molecule has 0 unspecified atom stereocenters. The summed E-state index contributed by atoms with van der Waals surface area (Å²) in [5.41, 5.74) is 1.27. The Bertz CT molecular complexity index is 713. The van der Waals surface area contributed by atoms with E-state index < -0.39 is 12.1 Å². The van der Waals surface area contributed by atoms with Crippen LogP contribution >= 0.6 is 23.2 Å². The summed E-state index contributed by atoms with van der Waals surface area (Å²) in [7, 11) is 0. The molecule has 4 nitrogen and oxygen atoms in total. The second kappa shape index (κ2) is 6.18. The number of halogens is 5. The van der Waals surface area contributed by atoms with Crippen LogP contribution in [0.2, 0.25) is 10.0 Å². The van der Waals surface area contributed by atoms with Crippen LogP contribution < -0.4 is 5.32 Å². The fraction of sp³-hybridized carbons (Fsp3) is 0.231. The van der Waals surface area contributed by atoms with Gasteiger partial charge < -0.3 is 5.32 Å². The third-order valence-corrected chi connectivity index (χ3v) is 3.40. The summed E-state index contributed by atoms with van der Waals surface area (Å²) in [5, 5.41) is 6.51. The number of hydrogen-bond acceptors (Lipinski definition) is 2. The molecular weight excluding hydrogens is 342 g/mol. The van der Waals surface area contributed by atoms with E-state index in [-0.39, 0.29) is 12.4 Å². The summed E-state index contributed by atoms with van der Waals surface area (Å²) < 4.78 is 38.0. The highest BCUT2D eigenvalue weighted by molar-refractivity contribution is 6.35. The van der Waals surface area contributed by atoms with Crippen molar-refractivity contribution in [3.05, 3.63) is 45.6 Å². The molecule has 1 heterocycles. The van der Waals surface area contributed by atoms with Gasteiger partial charge in [-0.05, 0) is 24.6 Å². The Balaban J connectivity index is 2.18. The first-order valence-corrected chi connectivity index (χ1v) is 6.79. The van der Waals surface area contributed by atoms with Crippen LogP contribution in [0.1, 0.15) is 11.3 Å². The van der Waals surface area contributed by atoms with Gasteiger partial charge in [0.1, 0.15) is 0 Å². The van der Waals surface area contributed by atoms with Crippen LogP contribution in [0.15, 0.2) is 24.3 Å².